The number of hydrogen-bond donors (Lipinski definition) is 9. The van der Waals surface area contributed by atoms with E-state index in [4.69, 9.17) is 21.7 Å². The maximum Gasteiger partial charge on any atom is 0.331 e. The first kappa shape index (κ1) is 38.5. The maximum absolute atomic E-state index is 14.5. The minimum Gasteiger partial charge on any atom is -0.507 e. The molecular weight excluding hydrogens is 697 g/mol. The lowest BCUT2D eigenvalue weighted by Crippen LogP contribution is -2.49. The van der Waals surface area contributed by atoms with Crippen LogP contribution >= 0.6 is 0 Å². The molecule has 0 amide bonds. The average Bonchev–Trinajstić information content (AvgIpc) is 3.04. The van der Waals surface area contributed by atoms with E-state index in [-0.39, 0.29) is 95.4 Å². The second kappa shape index (κ2) is 14.9. The molecule has 4 rings (SSSR count). The van der Waals surface area contributed by atoms with Gasteiger partial charge < -0.3 is 37.0 Å². The summed E-state index contributed by atoms with van der Waals surface area (Å²) in [4.78, 5) is 33.9. The van der Waals surface area contributed by atoms with Gasteiger partial charge in [0.05, 0.1) is 4.91 Å². The Bertz CT molecular complexity index is 2110. The number of unbranched alkanes of at least 4 members (excludes halogenated alkanes) is 2. The number of nitrogens with one attached hydrogen (secondary N) is 2. The van der Waals surface area contributed by atoms with Crippen molar-refractivity contribution in [2.75, 3.05) is 13.1 Å². The number of aliphatic carboxylic acids is 3. The van der Waals surface area contributed by atoms with Crippen molar-refractivity contribution in [3.8, 4) is 11.5 Å². The highest BCUT2D eigenvalue weighted by Gasteiger charge is 2.51. The molecule has 0 heterocycles. The molecule has 11 N–H and O–H groups in total. The van der Waals surface area contributed by atoms with Crippen molar-refractivity contribution in [1.29, 1.82) is 0 Å². The second-order valence-electron chi connectivity index (χ2n) is 12.3. The fraction of sp³-hybridized carbons (Fsp3) is 0.406. The molecule has 18 heteroatoms. The van der Waals surface area contributed by atoms with E-state index in [0.717, 1.165) is 6.07 Å². The third kappa shape index (κ3) is 7.54. The van der Waals surface area contributed by atoms with Crippen LogP contribution in [-0.2, 0) is 39.2 Å². The van der Waals surface area contributed by atoms with Crippen LogP contribution in [0.1, 0.15) is 56.9 Å². The highest BCUT2D eigenvalue weighted by atomic mass is 32.2. The zero-order valence-corrected chi connectivity index (χ0v) is 28.5. The Morgan fingerprint density at radius 3 is 1.84 bits per heavy atom. The molecule has 1 aliphatic rings. The first-order chi connectivity index (χ1) is 23.3. The summed E-state index contributed by atoms with van der Waals surface area (Å²) in [5.74, 6) is -4.68. The van der Waals surface area contributed by atoms with Crippen LogP contribution in [-0.4, -0.2) is 85.4 Å². The van der Waals surface area contributed by atoms with Gasteiger partial charge in [-0.05, 0) is 47.9 Å². The molecule has 0 fully saturated rings. The van der Waals surface area contributed by atoms with Gasteiger partial charge >= 0.3 is 17.9 Å². The minimum atomic E-state index is -4.71. The Morgan fingerprint density at radius 2 is 1.32 bits per heavy atom. The normalized spacial score (nSPS) is 17.5. The Hall–Kier alpha value is -4.33. The van der Waals surface area contributed by atoms with Gasteiger partial charge in [-0.2, -0.15) is 0 Å². The lowest BCUT2D eigenvalue weighted by atomic mass is 9.79. The third-order valence-electron chi connectivity index (χ3n) is 8.97. The van der Waals surface area contributed by atoms with E-state index >= 15 is 0 Å². The lowest BCUT2D eigenvalue weighted by Gasteiger charge is -2.38. The first-order valence-corrected chi connectivity index (χ1v) is 18.6. The quantitative estimate of drug-likeness (QED) is 0.0610. The number of aromatic hydroxyl groups is 2. The van der Waals surface area contributed by atoms with E-state index in [1.54, 1.807) is 0 Å². The number of hydrogen-bond acceptors (Lipinski definition) is 11. The van der Waals surface area contributed by atoms with Crippen LogP contribution in [0.3, 0.4) is 0 Å². The molecule has 3 atom stereocenters. The number of phenols is 2. The Balaban J connectivity index is 1.89. The number of carboxylic acid groups (broad SMARTS) is 3. The molecular formula is C32H40N4O12S2. The van der Waals surface area contributed by atoms with Crippen LogP contribution < -0.4 is 26.1 Å². The average molecular weight is 737 g/mol. The molecule has 0 spiro atoms. The summed E-state index contributed by atoms with van der Waals surface area (Å²) < 4.78 is 59.8. The van der Waals surface area contributed by atoms with Gasteiger partial charge in [-0.25, -0.2) is 31.1 Å². The Labute approximate surface area is 287 Å². The van der Waals surface area contributed by atoms with Crippen molar-refractivity contribution in [1.82, 2.24) is 9.44 Å². The number of carboxylic acids is 3. The molecule has 0 bridgehead atoms. The minimum absolute atomic E-state index is 0.0139. The summed E-state index contributed by atoms with van der Waals surface area (Å²) in [6.07, 6.45) is -0.545. The summed E-state index contributed by atoms with van der Waals surface area (Å²) in [6, 6.07) is 4.42. The molecule has 3 aromatic rings. The molecule has 16 nitrogen and oxygen atoms in total. The molecule has 0 saturated heterocycles. The van der Waals surface area contributed by atoms with Crippen LogP contribution in [0.25, 0.3) is 26.5 Å². The Kier molecular flexibility index (Phi) is 11.4. The summed E-state index contributed by atoms with van der Waals surface area (Å²) in [5.41, 5.74) is 10.6. The summed E-state index contributed by atoms with van der Waals surface area (Å²) in [7, 11) is -9.24. The standard InChI is InChI=1S/C32H40N4O12S2/c1-17(29(39)40)15-32(50(47,48)36-13-5-3-7-23(34)31(43)44)16-26(49(45,46)35-12-4-2-6-22(33)30(41)42)20-9-8-18-24(37)14-25(38)19-10-11-21(32)28(20)27(18)19/h8-11,14,22-23,35-38H,1-7,12-13,15-16,33-34H2,(H,39,40)(H,41,42)(H,43,44). The van der Waals surface area contributed by atoms with Gasteiger partial charge in [0, 0.05) is 53.7 Å². The van der Waals surface area contributed by atoms with Gasteiger partial charge in [0.1, 0.15) is 28.3 Å². The number of rotatable bonds is 19. The summed E-state index contributed by atoms with van der Waals surface area (Å²) in [5, 5.41) is 50.1. The van der Waals surface area contributed by atoms with E-state index in [1.807, 2.05) is 0 Å². The number of sulfonamides is 2. The second-order valence-corrected chi connectivity index (χ2v) is 16.2. The van der Waals surface area contributed by atoms with Crippen LogP contribution in [0.15, 0.2) is 42.5 Å². The van der Waals surface area contributed by atoms with Crippen LogP contribution in [0, 0.1) is 0 Å². The highest BCUT2D eigenvalue weighted by molar-refractivity contribution is 7.98. The van der Waals surface area contributed by atoms with E-state index in [0.29, 0.717) is 0 Å². The predicted molar refractivity (Wildman–Crippen MR) is 184 cm³/mol. The van der Waals surface area contributed by atoms with Crippen LogP contribution in [0.5, 0.6) is 11.5 Å². The molecule has 0 aromatic heterocycles. The number of nitrogens with two attached hydrogens (primary N) is 2. The molecule has 50 heavy (non-hydrogen) atoms. The third-order valence-corrected chi connectivity index (χ3v) is 12.7. The topological polar surface area (TPSA) is 297 Å². The number of carbonyl (C=O) groups is 3. The van der Waals surface area contributed by atoms with Crippen molar-refractivity contribution in [3.05, 3.63) is 53.3 Å². The fourth-order valence-corrected chi connectivity index (χ4v) is 9.71. The largest absolute Gasteiger partial charge is 0.507 e. The van der Waals surface area contributed by atoms with Crippen molar-refractivity contribution in [2.24, 2.45) is 11.5 Å². The van der Waals surface area contributed by atoms with Crippen LogP contribution in [0.2, 0.25) is 0 Å². The van der Waals surface area contributed by atoms with E-state index in [9.17, 15) is 46.5 Å². The van der Waals surface area contributed by atoms with Crippen molar-refractivity contribution in [2.45, 2.75) is 68.2 Å². The maximum atomic E-state index is 14.5. The molecule has 3 unspecified atom stereocenters. The molecule has 0 aliphatic heterocycles. The SMILES string of the molecule is C=C(CC1(S(=O)(=O)NCCCCC(N)C(=O)O)CC(S(=O)(=O)NCCCCC(N)C(=O)O)=c2ccc3c(O)cc(O)c4ccc1c2c43)C(=O)O. The summed E-state index contributed by atoms with van der Waals surface area (Å²) >= 11 is 0. The van der Waals surface area contributed by atoms with Crippen molar-refractivity contribution in [3.63, 3.8) is 0 Å². The summed E-state index contributed by atoms with van der Waals surface area (Å²) in [6.45, 7) is 3.18. The van der Waals surface area contributed by atoms with Gasteiger partial charge in [-0.1, -0.05) is 37.6 Å². The zero-order valence-electron chi connectivity index (χ0n) is 26.9. The van der Waals surface area contributed by atoms with Gasteiger partial charge in [-0.3, -0.25) is 9.59 Å². The van der Waals surface area contributed by atoms with Crippen molar-refractivity contribution >= 4 is 64.4 Å². The van der Waals surface area contributed by atoms with Crippen LogP contribution in [0.4, 0.5) is 0 Å². The monoisotopic (exact) mass is 736 g/mol. The van der Waals surface area contributed by atoms with E-state index in [2.05, 4.69) is 16.0 Å². The van der Waals surface area contributed by atoms with Crippen molar-refractivity contribution < 1.29 is 56.8 Å². The van der Waals surface area contributed by atoms with E-state index < -0.39 is 78.1 Å². The molecule has 0 saturated carbocycles. The smallest absolute Gasteiger partial charge is 0.331 e. The predicted octanol–water partition coefficient (Wildman–Crippen LogP) is 0.864. The first-order valence-electron chi connectivity index (χ1n) is 15.6. The van der Waals surface area contributed by atoms with Gasteiger partial charge in [0.2, 0.25) is 20.0 Å². The number of benzene rings is 3. The van der Waals surface area contributed by atoms with Gasteiger partial charge in [0.25, 0.3) is 0 Å². The van der Waals surface area contributed by atoms with Gasteiger partial charge in [0.15, 0.2) is 0 Å². The Morgan fingerprint density at radius 1 is 0.800 bits per heavy atom. The highest BCUT2D eigenvalue weighted by Crippen LogP contribution is 2.50. The molecule has 0 radical (unpaired) electrons. The molecule has 1 aliphatic carbocycles. The fourth-order valence-electron chi connectivity index (χ4n) is 6.29. The molecule has 3 aromatic carbocycles. The lowest BCUT2D eigenvalue weighted by molar-refractivity contribution is -0.139. The molecule has 272 valence electrons. The zero-order chi connectivity index (χ0) is 37.2. The van der Waals surface area contributed by atoms with E-state index in [1.165, 1.54) is 24.3 Å². The number of phenolic OH excluding ortho intramolecular Hbond substituents is 2. The van der Waals surface area contributed by atoms with Gasteiger partial charge in [-0.15, -0.1) is 0 Å².